The zero-order valence-corrected chi connectivity index (χ0v) is 18.9. The van der Waals surface area contributed by atoms with Gasteiger partial charge >= 0.3 is 11.9 Å². The fourth-order valence-electron chi connectivity index (χ4n) is 2.83. The van der Waals surface area contributed by atoms with Crippen molar-refractivity contribution in [2.24, 2.45) is 11.7 Å². The molecule has 1 rings (SSSR count). The normalized spacial score (nSPS) is 14.5. The van der Waals surface area contributed by atoms with Gasteiger partial charge in [0.15, 0.2) is 0 Å². The Morgan fingerprint density at radius 2 is 1.42 bits per heavy atom. The molecule has 11 nitrogen and oxygen atoms in total. The van der Waals surface area contributed by atoms with Gasteiger partial charge in [-0.05, 0) is 24.8 Å². The minimum atomic E-state index is -1.42. The summed E-state index contributed by atoms with van der Waals surface area (Å²) in [5.74, 6) is -4.71. The molecule has 4 atom stereocenters. The zero-order valence-electron chi connectivity index (χ0n) is 18.9. The Hall–Kier alpha value is -3.47. The molecule has 0 spiro atoms. The van der Waals surface area contributed by atoms with Crippen LogP contribution in [0.15, 0.2) is 30.3 Å². The second-order valence-electron chi connectivity index (χ2n) is 8.08. The van der Waals surface area contributed by atoms with Crippen LogP contribution < -0.4 is 21.7 Å². The largest absolute Gasteiger partial charge is 0.481 e. The number of benzene rings is 1. The van der Waals surface area contributed by atoms with E-state index in [0.29, 0.717) is 0 Å². The van der Waals surface area contributed by atoms with Gasteiger partial charge in [-0.15, -0.1) is 0 Å². The van der Waals surface area contributed by atoms with Gasteiger partial charge < -0.3 is 31.9 Å². The van der Waals surface area contributed by atoms with Crippen molar-refractivity contribution in [1.29, 1.82) is 0 Å². The monoisotopic (exact) mass is 464 g/mol. The predicted octanol–water partition coefficient (Wildman–Crippen LogP) is -0.364. The topological polar surface area (TPSA) is 188 Å². The van der Waals surface area contributed by atoms with Crippen LogP contribution in [0.4, 0.5) is 0 Å². The second-order valence-corrected chi connectivity index (χ2v) is 8.08. The number of carbonyl (C=O) groups excluding carboxylic acids is 3. The van der Waals surface area contributed by atoms with Gasteiger partial charge in [0.05, 0.1) is 6.04 Å². The molecule has 11 heteroatoms. The number of nitrogens with two attached hydrogens (primary N) is 1. The quantitative estimate of drug-likeness (QED) is 0.228. The molecular formula is C22H32N4O7. The number of carboxylic acid groups (broad SMARTS) is 2. The molecule has 0 bridgehead atoms. The van der Waals surface area contributed by atoms with Gasteiger partial charge in [0.1, 0.15) is 18.1 Å². The number of aliphatic carboxylic acids is 2. The van der Waals surface area contributed by atoms with Gasteiger partial charge in [-0.2, -0.15) is 0 Å². The van der Waals surface area contributed by atoms with Crippen LogP contribution >= 0.6 is 0 Å². The molecule has 0 saturated heterocycles. The Labute approximate surface area is 192 Å². The van der Waals surface area contributed by atoms with E-state index < -0.39 is 60.2 Å². The molecule has 0 radical (unpaired) electrons. The van der Waals surface area contributed by atoms with Crippen LogP contribution in [0.5, 0.6) is 0 Å². The average molecular weight is 465 g/mol. The molecule has 3 amide bonds. The molecule has 0 aliphatic carbocycles. The van der Waals surface area contributed by atoms with Crippen LogP contribution in [-0.4, -0.2) is 64.0 Å². The number of hydrogen-bond donors (Lipinski definition) is 6. The Morgan fingerprint density at radius 3 is 1.94 bits per heavy atom. The molecular weight excluding hydrogens is 432 g/mol. The highest BCUT2D eigenvalue weighted by atomic mass is 16.4. The van der Waals surface area contributed by atoms with Gasteiger partial charge in [-0.3, -0.25) is 19.2 Å². The first-order valence-electron chi connectivity index (χ1n) is 10.6. The average Bonchev–Trinajstić information content (AvgIpc) is 2.75. The lowest BCUT2D eigenvalue weighted by atomic mass is 10.0. The molecule has 4 unspecified atom stereocenters. The van der Waals surface area contributed by atoms with E-state index in [1.165, 1.54) is 6.92 Å². The van der Waals surface area contributed by atoms with E-state index in [1.807, 2.05) is 6.07 Å². The number of hydrogen-bond acceptors (Lipinski definition) is 6. The van der Waals surface area contributed by atoms with Gasteiger partial charge in [0.25, 0.3) is 0 Å². The van der Waals surface area contributed by atoms with Crippen LogP contribution in [0, 0.1) is 5.92 Å². The van der Waals surface area contributed by atoms with E-state index in [0.717, 1.165) is 5.56 Å². The zero-order chi connectivity index (χ0) is 25.1. The molecule has 7 N–H and O–H groups in total. The fourth-order valence-corrected chi connectivity index (χ4v) is 2.83. The van der Waals surface area contributed by atoms with Crippen molar-refractivity contribution in [3.63, 3.8) is 0 Å². The highest BCUT2D eigenvalue weighted by molar-refractivity contribution is 5.94. The van der Waals surface area contributed by atoms with E-state index in [4.69, 9.17) is 10.8 Å². The molecule has 0 aliphatic heterocycles. The van der Waals surface area contributed by atoms with Crippen molar-refractivity contribution >= 4 is 29.7 Å². The van der Waals surface area contributed by atoms with E-state index >= 15 is 0 Å². The maximum absolute atomic E-state index is 12.9. The summed E-state index contributed by atoms with van der Waals surface area (Å²) < 4.78 is 0. The van der Waals surface area contributed by atoms with Crippen molar-refractivity contribution in [1.82, 2.24) is 16.0 Å². The van der Waals surface area contributed by atoms with Crippen molar-refractivity contribution < 1.29 is 34.2 Å². The molecule has 0 aromatic heterocycles. The maximum atomic E-state index is 12.9. The van der Waals surface area contributed by atoms with Crippen molar-refractivity contribution in [2.75, 3.05) is 0 Å². The van der Waals surface area contributed by atoms with Gasteiger partial charge in [-0.25, -0.2) is 4.79 Å². The van der Waals surface area contributed by atoms with Crippen molar-refractivity contribution in [2.45, 2.75) is 64.2 Å². The minimum Gasteiger partial charge on any atom is -0.481 e. The number of rotatable bonds is 13. The highest BCUT2D eigenvalue weighted by Crippen LogP contribution is 2.06. The third kappa shape index (κ3) is 9.69. The van der Waals surface area contributed by atoms with E-state index in [-0.39, 0.29) is 18.8 Å². The number of amides is 3. The Morgan fingerprint density at radius 1 is 0.848 bits per heavy atom. The van der Waals surface area contributed by atoms with Crippen molar-refractivity contribution in [3.8, 4) is 0 Å². The lowest BCUT2D eigenvalue weighted by Crippen LogP contribution is -2.57. The summed E-state index contributed by atoms with van der Waals surface area (Å²) in [4.78, 5) is 59.7. The first kappa shape index (κ1) is 27.6. The molecule has 0 saturated carbocycles. The van der Waals surface area contributed by atoms with Gasteiger partial charge in [-0.1, -0.05) is 44.2 Å². The van der Waals surface area contributed by atoms with Gasteiger partial charge in [0, 0.05) is 12.8 Å². The molecule has 1 aromatic carbocycles. The lowest BCUT2D eigenvalue weighted by Gasteiger charge is -2.24. The summed E-state index contributed by atoms with van der Waals surface area (Å²) in [6, 6.07) is 4.52. The number of nitrogens with one attached hydrogen (secondary N) is 3. The highest BCUT2D eigenvalue weighted by Gasteiger charge is 2.29. The molecule has 182 valence electrons. The van der Waals surface area contributed by atoms with E-state index in [2.05, 4.69) is 16.0 Å². The van der Waals surface area contributed by atoms with Crippen LogP contribution in [0.25, 0.3) is 0 Å². The molecule has 0 fully saturated rings. The standard InChI is InChI=1S/C22H32N4O7/c1-12(2)18(23)21(31)26-16(11-14-7-5-4-6-8-14)20(30)24-13(3)19(29)25-15(22(32)33)9-10-17(27)28/h4-8,12-13,15-16,18H,9-11,23H2,1-3H3,(H,24,30)(H,25,29)(H,26,31)(H,27,28)(H,32,33). The second kappa shape index (κ2) is 13.2. The Kier molecular flexibility index (Phi) is 11.0. The maximum Gasteiger partial charge on any atom is 0.326 e. The smallest absolute Gasteiger partial charge is 0.326 e. The number of carboxylic acids is 2. The van der Waals surface area contributed by atoms with Crippen molar-refractivity contribution in [3.05, 3.63) is 35.9 Å². The van der Waals surface area contributed by atoms with Crippen LogP contribution in [0.1, 0.15) is 39.2 Å². The molecule has 0 aliphatic rings. The third-order valence-corrected chi connectivity index (χ3v) is 4.95. The summed E-state index contributed by atoms with van der Waals surface area (Å²) in [6.45, 7) is 4.89. The molecule has 0 heterocycles. The van der Waals surface area contributed by atoms with E-state index in [1.54, 1.807) is 38.1 Å². The SMILES string of the molecule is CC(NC(=O)C(Cc1ccccc1)NC(=O)C(N)C(C)C)C(=O)NC(CCC(=O)O)C(=O)O. The summed E-state index contributed by atoms with van der Waals surface area (Å²) in [5, 5.41) is 25.2. The summed E-state index contributed by atoms with van der Waals surface area (Å²) in [7, 11) is 0. The van der Waals surface area contributed by atoms with Crippen LogP contribution in [-0.2, 0) is 30.4 Å². The Balaban J connectivity index is 2.88. The summed E-state index contributed by atoms with van der Waals surface area (Å²) in [5.41, 5.74) is 6.65. The van der Waals surface area contributed by atoms with Gasteiger partial charge in [0.2, 0.25) is 17.7 Å². The fraction of sp³-hybridized carbons (Fsp3) is 0.500. The minimum absolute atomic E-state index is 0.147. The molecule has 33 heavy (non-hydrogen) atoms. The van der Waals surface area contributed by atoms with E-state index in [9.17, 15) is 29.1 Å². The first-order valence-corrected chi connectivity index (χ1v) is 10.6. The van der Waals surface area contributed by atoms with Crippen LogP contribution in [0.3, 0.4) is 0 Å². The summed E-state index contributed by atoms with van der Waals surface area (Å²) in [6.07, 6.45) is -0.607. The lowest BCUT2D eigenvalue weighted by molar-refractivity contribution is -0.143. The first-order chi connectivity index (χ1) is 15.4. The van der Waals surface area contributed by atoms with Crippen LogP contribution in [0.2, 0.25) is 0 Å². The Bertz CT molecular complexity index is 844. The molecule has 1 aromatic rings. The third-order valence-electron chi connectivity index (χ3n) is 4.95. The number of carbonyl (C=O) groups is 5. The predicted molar refractivity (Wildman–Crippen MR) is 119 cm³/mol. The summed E-state index contributed by atoms with van der Waals surface area (Å²) >= 11 is 0.